The van der Waals surface area contributed by atoms with E-state index in [2.05, 4.69) is 0 Å². The average molecular weight is 486 g/mol. The summed E-state index contributed by atoms with van der Waals surface area (Å²) in [5.74, 6) is -1.12. The third kappa shape index (κ3) is 6.89. The number of carbonyl (C=O) groups is 3. The predicted octanol–water partition coefficient (Wildman–Crippen LogP) is 4.19. The Balaban J connectivity index is 1.72. The van der Waals surface area contributed by atoms with Gasteiger partial charge in [0.05, 0.1) is 12.2 Å². The van der Waals surface area contributed by atoms with Crippen molar-refractivity contribution in [2.75, 3.05) is 18.1 Å². The molecule has 3 rings (SSSR count). The summed E-state index contributed by atoms with van der Waals surface area (Å²) in [5, 5.41) is 7.41. The number of nitrogens with zero attached hydrogens (tertiary/aromatic N) is 1. The van der Waals surface area contributed by atoms with Crippen molar-refractivity contribution in [3.8, 4) is 5.75 Å². The molecule has 184 valence electrons. The number of hydrogen-bond donors (Lipinski definition) is 2. The van der Waals surface area contributed by atoms with Crippen molar-refractivity contribution in [1.29, 1.82) is 5.41 Å². The molecular weight excluding hydrogens is 458 g/mol. The first-order chi connectivity index (χ1) is 17.3. The summed E-state index contributed by atoms with van der Waals surface area (Å²) in [6, 6.07) is 21.8. The average Bonchev–Trinajstić information content (AvgIpc) is 2.88. The van der Waals surface area contributed by atoms with Gasteiger partial charge in [0, 0.05) is 16.8 Å². The monoisotopic (exact) mass is 485 g/mol. The Morgan fingerprint density at radius 3 is 2.11 bits per heavy atom. The van der Waals surface area contributed by atoms with Crippen LogP contribution in [0.4, 0.5) is 5.69 Å². The lowest BCUT2D eigenvalue weighted by atomic mass is 10.1. The van der Waals surface area contributed by atoms with Crippen LogP contribution in [0.15, 0.2) is 84.4 Å². The summed E-state index contributed by atoms with van der Waals surface area (Å²) in [7, 11) is 0. The smallest absolute Gasteiger partial charge is 0.343 e. The number of anilines is 1. The van der Waals surface area contributed by atoms with E-state index in [1.807, 2.05) is 6.07 Å². The standard InChI is InChI=1S/C28H27N3O5/c1-3-35-25(32)18-31(23-7-5-4-6-8-23)27(33)19(2)17-20-9-11-22(12-10-20)28(34)36-24-15-13-21(14-16-24)26(29)30/h4-17H,3,18H2,1-2H3,(H3,29,30). The van der Waals surface area contributed by atoms with Crippen LogP contribution in [0.5, 0.6) is 5.75 Å². The van der Waals surface area contributed by atoms with Crippen LogP contribution in [0.25, 0.3) is 6.08 Å². The van der Waals surface area contributed by atoms with Crippen molar-refractivity contribution in [2.24, 2.45) is 5.73 Å². The van der Waals surface area contributed by atoms with E-state index in [1.165, 1.54) is 4.90 Å². The number of ether oxygens (including phenoxy) is 2. The topological polar surface area (TPSA) is 123 Å². The minimum absolute atomic E-state index is 0.0712. The summed E-state index contributed by atoms with van der Waals surface area (Å²) in [6.07, 6.45) is 1.68. The van der Waals surface area contributed by atoms with E-state index in [0.29, 0.717) is 33.7 Å². The van der Waals surface area contributed by atoms with Crippen molar-refractivity contribution >= 4 is 35.4 Å². The number of nitrogens with one attached hydrogen (secondary N) is 1. The summed E-state index contributed by atoms with van der Waals surface area (Å²) >= 11 is 0. The van der Waals surface area contributed by atoms with Crippen LogP contribution in [0.1, 0.15) is 35.3 Å². The summed E-state index contributed by atoms with van der Waals surface area (Å²) in [5.41, 5.74) is 7.98. The molecule has 0 saturated carbocycles. The molecule has 8 nitrogen and oxygen atoms in total. The first-order valence-corrected chi connectivity index (χ1v) is 11.3. The molecule has 0 saturated heterocycles. The Bertz CT molecular complexity index is 1270. The normalized spacial score (nSPS) is 10.9. The number of nitrogens with two attached hydrogens (primary N) is 1. The van der Waals surface area contributed by atoms with Gasteiger partial charge in [0.15, 0.2) is 0 Å². The van der Waals surface area contributed by atoms with Crippen molar-refractivity contribution in [3.05, 3.63) is 101 Å². The van der Waals surface area contributed by atoms with Crippen LogP contribution in [-0.4, -0.2) is 36.8 Å². The van der Waals surface area contributed by atoms with E-state index in [-0.39, 0.29) is 24.9 Å². The van der Waals surface area contributed by atoms with Gasteiger partial charge in [0.1, 0.15) is 18.1 Å². The lowest BCUT2D eigenvalue weighted by Gasteiger charge is -2.22. The fourth-order valence-electron chi connectivity index (χ4n) is 3.33. The third-order valence-corrected chi connectivity index (χ3v) is 5.15. The lowest BCUT2D eigenvalue weighted by molar-refractivity contribution is -0.142. The molecular formula is C28H27N3O5. The van der Waals surface area contributed by atoms with E-state index in [9.17, 15) is 14.4 Å². The second-order valence-electron chi connectivity index (χ2n) is 7.81. The highest BCUT2D eigenvalue weighted by atomic mass is 16.5. The number of rotatable bonds is 9. The number of amides is 1. The highest BCUT2D eigenvalue weighted by molar-refractivity contribution is 6.10. The quantitative estimate of drug-likeness (QED) is 0.154. The van der Waals surface area contributed by atoms with E-state index in [0.717, 1.165) is 0 Å². The van der Waals surface area contributed by atoms with E-state index in [1.54, 1.807) is 92.7 Å². The fourth-order valence-corrected chi connectivity index (χ4v) is 3.33. The van der Waals surface area contributed by atoms with Crippen molar-refractivity contribution < 1.29 is 23.9 Å². The molecule has 0 spiro atoms. The Morgan fingerprint density at radius 2 is 1.53 bits per heavy atom. The van der Waals surface area contributed by atoms with E-state index < -0.39 is 11.9 Å². The van der Waals surface area contributed by atoms with Crippen LogP contribution in [0.2, 0.25) is 0 Å². The molecule has 0 aliphatic heterocycles. The van der Waals surface area contributed by atoms with Gasteiger partial charge in [-0.3, -0.25) is 19.9 Å². The molecule has 0 bridgehead atoms. The molecule has 1 amide bonds. The van der Waals surface area contributed by atoms with Crippen molar-refractivity contribution in [2.45, 2.75) is 13.8 Å². The number of carbonyl (C=O) groups excluding carboxylic acids is 3. The van der Waals surface area contributed by atoms with Crippen LogP contribution in [0, 0.1) is 5.41 Å². The van der Waals surface area contributed by atoms with Gasteiger partial charge in [-0.2, -0.15) is 0 Å². The summed E-state index contributed by atoms with van der Waals surface area (Å²) in [4.78, 5) is 39.1. The van der Waals surface area contributed by atoms with Crippen LogP contribution in [-0.2, 0) is 14.3 Å². The van der Waals surface area contributed by atoms with Gasteiger partial charge >= 0.3 is 11.9 Å². The van der Waals surface area contributed by atoms with Gasteiger partial charge in [-0.05, 0) is 74.0 Å². The van der Waals surface area contributed by atoms with Gasteiger partial charge in [-0.25, -0.2) is 4.79 Å². The minimum Gasteiger partial charge on any atom is -0.465 e. The Hall–Kier alpha value is -4.72. The van der Waals surface area contributed by atoms with Crippen molar-refractivity contribution in [1.82, 2.24) is 0 Å². The number of hydrogen-bond acceptors (Lipinski definition) is 6. The van der Waals surface area contributed by atoms with Crippen LogP contribution >= 0.6 is 0 Å². The molecule has 0 atom stereocenters. The fraction of sp³-hybridized carbons (Fsp3) is 0.143. The summed E-state index contributed by atoms with van der Waals surface area (Å²) < 4.78 is 10.4. The second-order valence-corrected chi connectivity index (χ2v) is 7.81. The Kier molecular flexibility index (Phi) is 8.72. The first kappa shape index (κ1) is 25.9. The zero-order chi connectivity index (χ0) is 26.1. The molecule has 0 radical (unpaired) electrons. The van der Waals surface area contributed by atoms with Gasteiger partial charge in [0.25, 0.3) is 5.91 Å². The van der Waals surface area contributed by atoms with Crippen LogP contribution in [0.3, 0.4) is 0 Å². The summed E-state index contributed by atoms with van der Waals surface area (Å²) in [6.45, 7) is 3.39. The maximum atomic E-state index is 13.2. The number of benzene rings is 3. The molecule has 0 unspecified atom stereocenters. The molecule has 0 aliphatic carbocycles. The molecule has 0 aliphatic rings. The first-order valence-electron chi connectivity index (χ1n) is 11.3. The minimum atomic E-state index is -0.543. The number of nitrogen functional groups attached to an aromatic ring is 1. The van der Waals surface area contributed by atoms with Gasteiger partial charge in [-0.15, -0.1) is 0 Å². The molecule has 36 heavy (non-hydrogen) atoms. The Morgan fingerprint density at radius 1 is 0.917 bits per heavy atom. The predicted molar refractivity (Wildman–Crippen MR) is 138 cm³/mol. The third-order valence-electron chi connectivity index (χ3n) is 5.15. The number of amidine groups is 1. The van der Waals surface area contributed by atoms with E-state index in [4.69, 9.17) is 20.6 Å². The maximum Gasteiger partial charge on any atom is 0.343 e. The second kappa shape index (κ2) is 12.1. The lowest BCUT2D eigenvalue weighted by Crippen LogP contribution is -2.37. The van der Waals surface area contributed by atoms with Crippen LogP contribution < -0.4 is 15.4 Å². The SMILES string of the molecule is CCOC(=O)CN(C(=O)C(C)=Cc1ccc(C(=O)Oc2ccc(C(=N)N)cc2)cc1)c1ccccc1. The number of para-hydroxylation sites is 1. The highest BCUT2D eigenvalue weighted by Gasteiger charge is 2.21. The molecule has 0 fully saturated rings. The molecule has 3 aromatic carbocycles. The molecule has 8 heteroatoms. The Labute approximate surface area is 209 Å². The van der Waals surface area contributed by atoms with Gasteiger partial charge in [0.2, 0.25) is 0 Å². The molecule has 3 aromatic rings. The molecule has 3 N–H and O–H groups in total. The van der Waals surface area contributed by atoms with E-state index >= 15 is 0 Å². The largest absolute Gasteiger partial charge is 0.465 e. The van der Waals surface area contributed by atoms with Crippen molar-refractivity contribution in [3.63, 3.8) is 0 Å². The van der Waals surface area contributed by atoms with Gasteiger partial charge < -0.3 is 15.2 Å². The molecule has 0 heterocycles. The number of esters is 2. The molecule has 0 aromatic heterocycles. The van der Waals surface area contributed by atoms with Gasteiger partial charge in [-0.1, -0.05) is 30.3 Å². The zero-order valence-electron chi connectivity index (χ0n) is 20.1. The highest BCUT2D eigenvalue weighted by Crippen LogP contribution is 2.19. The maximum absolute atomic E-state index is 13.2. The zero-order valence-corrected chi connectivity index (χ0v) is 20.1.